The van der Waals surface area contributed by atoms with Crippen LogP contribution in [0.25, 0.3) is 10.1 Å². The Morgan fingerprint density at radius 1 is 1.47 bits per heavy atom. The maximum atomic E-state index is 11.5. The molecule has 1 saturated heterocycles. The SMILES string of the molecule is CC(=O)N1CC2CC2(c2cc3cc(Br)ccc3s2)C1. The van der Waals surface area contributed by atoms with Crippen molar-refractivity contribution in [2.75, 3.05) is 13.1 Å². The number of likely N-dealkylation sites (tertiary alicyclic amines) is 1. The summed E-state index contributed by atoms with van der Waals surface area (Å²) in [5.74, 6) is 0.906. The standard InChI is InChI=1S/C15H14BrNOS/c1-9(18)17-7-11-6-15(11,8-17)14-5-10-4-12(16)2-3-13(10)19-14/h2-5,11H,6-8H2,1H3. The van der Waals surface area contributed by atoms with Crippen LogP contribution >= 0.6 is 27.3 Å². The lowest BCUT2D eigenvalue weighted by Crippen LogP contribution is -2.30. The number of piperidine rings is 1. The lowest BCUT2D eigenvalue weighted by molar-refractivity contribution is -0.128. The Morgan fingerprint density at radius 2 is 2.32 bits per heavy atom. The van der Waals surface area contributed by atoms with Gasteiger partial charge in [0.15, 0.2) is 0 Å². The summed E-state index contributed by atoms with van der Waals surface area (Å²) in [5.41, 5.74) is 0.280. The number of amides is 1. The minimum absolute atomic E-state index is 0.218. The van der Waals surface area contributed by atoms with Crippen molar-refractivity contribution in [1.29, 1.82) is 0 Å². The summed E-state index contributed by atoms with van der Waals surface area (Å²) in [6, 6.07) is 8.79. The number of carbonyl (C=O) groups excluding carboxylic acids is 1. The second-order valence-electron chi connectivity index (χ2n) is 5.75. The molecule has 1 amide bonds. The second kappa shape index (κ2) is 3.83. The van der Waals surface area contributed by atoms with Gasteiger partial charge in [-0.3, -0.25) is 4.79 Å². The Balaban J connectivity index is 1.74. The van der Waals surface area contributed by atoms with E-state index in [2.05, 4.69) is 40.2 Å². The molecule has 2 heterocycles. The third-order valence-electron chi connectivity index (χ3n) is 4.56. The first-order valence-electron chi connectivity index (χ1n) is 6.54. The molecule has 2 fully saturated rings. The molecule has 0 radical (unpaired) electrons. The zero-order valence-electron chi connectivity index (χ0n) is 10.6. The van der Waals surface area contributed by atoms with Crippen molar-refractivity contribution in [1.82, 2.24) is 4.90 Å². The van der Waals surface area contributed by atoms with E-state index in [0.717, 1.165) is 17.6 Å². The molecule has 2 unspecified atom stereocenters. The molecule has 1 aromatic carbocycles. The second-order valence-corrected chi connectivity index (χ2v) is 7.75. The normalized spacial score (nSPS) is 28.7. The van der Waals surface area contributed by atoms with Gasteiger partial charge in [-0.2, -0.15) is 0 Å². The van der Waals surface area contributed by atoms with Crippen LogP contribution in [0.4, 0.5) is 0 Å². The quantitative estimate of drug-likeness (QED) is 0.776. The number of hydrogen-bond donors (Lipinski definition) is 0. The van der Waals surface area contributed by atoms with Crippen molar-refractivity contribution in [2.24, 2.45) is 5.92 Å². The molecule has 2 nitrogen and oxygen atoms in total. The fraction of sp³-hybridized carbons (Fsp3) is 0.400. The highest BCUT2D eigenvalue weighted by Gasteiger charge is 2.62. The fourth-order valence-electron chi connectivity index (χ4n) is 3.36. The summed E-state index contributed by atoms with van der Waals surface area (Å²) in [4.78, 5) is 15.0. The van der Waals surface area contributed by atoms with Gasteiger partial charge in [0.1, 0.15) is 0 Å². The van der Waals surface area contributed by atoms with Crippen LogP contribution in [0.3, 0.4) is 0 Å². The van der Waals surface area contributed by atoms with E-state index >= 15 is 0 Å². The monoisotopic (exact) mass is 335 g/mol. The molecule has 0 bridgehead atoms. The van der Waals surface area contributed by atoms with Crippen LogP contribution in [0.5, 0.6) is 0 Å². The number of rotatable bonds is 1. The Labute approximate surface area is 124 Å². The predicted octanol–water partition coefficient (Wildman–Crippen LogP) is 3.78. The lowest BCUT2D eigenvalue weighted by Gasteiger charge is -2.18. The van der Waals surface area contributed by atoms with Crippen LogP contribution in [0.15, 0.2) is 28.7 Å². The van der Waals surface area contributed by atoms with Gasteiger partial charge in [0.25, 0.3) is 0 Å². The molecular weight excluding hydrogens is 322 g/mol. The van der Waals surface area contributed by atoms with Gasteiger partial charge in [0, 0.05) is 39.5 Å². The first kappa shape index (κ1) is 11.9. The smallest absolute Gasteiger partial charge is 0.219 e. The number of benzene rings is 1. The summed E-state index contributed by atoms with van der Waals surface area (Å²) < 4.78 is 2.48. The molecule has 4 rings (SSSR count). The first-order chi connectivity index (χ1) is 9.08. The minimum atomic E-state index is 0.218. The van der Waals surface area contributed by atoms with Gasteiger partial charge < -0.3 is 4.90 Å². The largest absolute Gasteiger partial charge is 0.342 e. The van der Waals surface area contributed by atoms with E-state index in [-0.39, 0.29) is 11.3 Å². The summed E-state index contributed by atoms with van der Waals surface area (Å²) in [7, 11) is 0. The Morgan fingerprint density at radius 3 is 3.05 bits per heavy atom. The number of nitrogens with zero attached hydrogens (tertiary/aromatic N) is 1. The van der Waals surface area contributed by atoms with Crippen molar-refractivity contribution in [3.8, 4) is 0 Å². The van der Waals surface area contributed by atoms with Crippen LogP contribution < -0.4 is 0 Å². The van der Waals surface area contributed by atoms with Crippen molar-refractivity contribution < 1.29 is 4.79 Å². The summed E-state index contributed by atoms with van der Waals surface area (Å²) in [5, 5.41) is 1.32. The lowest BCUT2D eigenvalue weighted by atomic mass is 10.0. The van der Waals surface area contributed by atoms with Gasteiger partial charge in [-0.1, -0.05) is 15.9 Å². The van der Waals surface area contributed by atoms with E-state index in [1.54, 1.807) is 6.92 Å². The molecule has 19 heavy (non-hydrogen) atoms. The van der Waals surface area contributed by atoms with Crippen LogP contribution in [0.1, 0.15) is 18.2 Å². The van der Waals surface area contributed by atoms with E-state index in [9.17, 15) is 4.79 Å². The minimum Gasteiger partial charge on any atom is -0.342 e. The third kappa shape index (κ3) is 1.69. The molecule has 4 heteroatoms. The third-order valence-corrected chi connectivity index (χ3v) is 6.39. The fourth-order valence-corrected chi connectivity index (χ4v) is 5.06. The molecule has 0 spiro atoms. The van der Waals surface area contributed by atoms with Gasteiger partial charge in [-0.25, -0.2) is 0 Å². The highest BCUT2D eigenvalue weighted by atomic mass is 79.9. The highest BCUT2D eigenvalue weighted by Crippen LogP contribution is 2.61. The Kier molecular flexibility index (Phi) is 2.40. The van der Waals surface area contributed by atoms with Crippen molar-refractivity contribution in [3.63, 3.8) is 0 Å². The van der Waals surface area contributed by atoms with Crippen LogP contribution in [0.2, 0.25) is 0 Å². The van der Waals surface area contributed by atoms with Gasteiger partial charge in [-0.15, -0.1) is 11.3 Å². The maximum Gasteiger partial charge on any atom is 0.219 e. The van der Waals surface area contributed by atoms with E-state index in [1.165, 1.54) is 21.4 Å². The van der Waals surface area contributed by atoms with Crippen LogP contribution in [0, 0.1) is 5.92 Å². The van der Waals surface area contributed by atoms with Gasteiger partial charge in [0.2, 0.25) is 5.91 Å². The topological polar surface area (TPSA) is 20.3 Å². The molecule has 2 aliphatic rings. The van der Waals surface area contributed by atoms with Crippen LogP contribution in [-0.2, 0) is 10.2 Å². The van der Waals surface area contributed by atoms with Crippen molar-refractivity contribution in [2.45, 2.75) is 18.8 Å². The number of fused-ring (bicyclic) bond motifs is 2. The number of hydrogen-bond acceptors (Lipinski definition) is 2. The Hall–Kier alpha value is -0.870. The van der Waals surface area contributed by atoms with Gasteiger partial charge in [0.05, 0.1) is 0 Å². The maximum absolute atomic E-state index is 11.5. The first-order valence-corrected chi connectivity index (χ1v) is 8.14. The summed E-state index contributed by atoms with van der Waals surface area (Å²) >= 11 is 5.43. The molecule has 0 N–H and O–H groups in total. The van der Waals surface area contributed by atoms with E-state index in [1.807, 2.05) is 16.2 Å². The number of halogens is 1. The van der Waals surface area contributed by atoms with Crippen LogP contribution in [-0.4, -0.2) is 23.9 Å². The number of carbonyl (C=O) groups is 1. The zero-order valence-corrected chi connectivity index (χ0v) is 13.1. The van der Waals surface area contributed by atoms with Gasteiger partial charge in [-0.05, 0) is 42.0 Å². The Bertz CT molecular complexity index is 695. The average molecular weight is 336 g/mol. The molecule has 98 valence electrons. The average Bonchev–Trinajstić information content (AvgIpc) is 2.75. The molecule has 1 saturated carbocycles. The molecular formula is C15H14BrNOS. The molecule has 2 aromatic rings. The van der Waals surface area contributed by atoms with E-state index < -0.39 is 0 Å². The van der Waals surface area contributed by atoms with Crippen molar-refractivity contribution >= 4 is 43.3 Å². The molecule has 2 atom stereocenters. The van der Waals surface area contributed by atoms with Gasteiger partial charge >= 0.3 is 0 Å². The van der Waals surface area contributed by atoms with E-state index in [0.29, 0.717) is 5.92 Å². The van der Waals surface area contributed by atoms with E-state index in [4.69, 9.17) is 0 Å². The molecule has 1 aliphatic heterocycles. The summed E-state index contributed by atoms with van der Waals surface area (Å²) in [6.07, 6.45) is 1.25. The molecule has 1 aromatic heterocycles. The highest BCUT2D eigenvalue weighted by molar-refractivity contribution is 9.10. The predicted molar refractivity (Wildman–Crippen MR) is 81.6 cm³/mol. The zero-order chi connectivity index (χ0) is 13.2. The number of thiophene rings is 1. The van der Waals surface area contributed by atoms with Crippen molar-refractivity contribution in [3.05, 3.63) is 33.6 Å². The molecule has 1 aliphatic carbocycles. The summed E-state index contributed by atoms with van der Waals surface area (Å²) in [6.45, 7) is 3.55.